The van der Waals surface area contributed by atoms with Crippen molar-refractivity contribution in [3.05, 3.63) is 59.9 Å². The molecule has 7 nitrogen and oxygen atoms in total. The second kappa shape index (κ2) is 10.5. The summed E-state index contributed by atoms with van der Waals surface area (Å²) >= 11 is 0. The maximum Gasteiger partial charge on any atom is 0.251 e. The normalized spacial score (nSPS) is 14.4. The summed E-state index contributed by atoms with van der Waals surface area (Å²) in [4.78, 5) is 32.1. The number of aromatic nitrogens is 2. The van der Waals surface area contributed by atoms with Crippen LogP contribution in [-0.4, -0.2) is 53.0 Å². The van der Waals surface area contributed by atoms with Gasteiger partial charge < -0.3 is 19.5 Å². The molecule has 3 aromatic rings. The Morgan fingerprint density at radius 1 is 1.09 bits per heavy atom. The third-order valence-electron chi connectivity index (χ3n) is 6.38. The van der Waals surface area contributed by atoms with E-state index in [4.69, 9.17) is 9.72 Å². The maximum absolute atomic E-state index is 13.0. The van der Waals surface area contributed by atoms with E-state index in [1.54, 1.807) is 31.4 Å². The van der Waals surface area contributed by atoms with Crippen molar-refractivity contribution in [1.29, 1.82) is 0 Å². The van der Waals surface area contributed by atoms with E-state index in [9.17, 15) is 9.59 Å². The summed E-state index contributed by atoms with van der Waals surface area (Å²) < 4.78 is 7.18. The van der Waals surface area contributed by atoms with Crippen molar-refractivity contribution in [3.63, 3.8) is 0 Å². The van der Waals surface area contributed by atoms with Crippen LogP contribution in [0.4, 0.5) is 0 Å². The van der Waals surface area contributed by atoms with Crippen molar-refractivity contribution in [2.75, 3.05) is 26.7 Å². The molecule has 2 aromatic carbocycles. The van der Waals surface area contributed by atoms with E-state index < -0.39 is 0 Å². The number of hydrogen-bond donors (Lipinski definition) is 1. The maximum atomic E-state index is 13.0. The van der Waals surface area contributed by atoms with Crippen molar-refractivity contribution >= 4 is 22.8 Å². The highest BCUT2D eigenvalue weighted by Crippen LogP contribution is 2.20. The number of carbonyl (C=O) groups excluding carboxylic acids is 2. The van der Waals surface area contributed by atoms with E-state index in [1.165, 1.54) is 0 Å². The van der Waals surface area contributed by atoms with Crippen LogP contribution in [0, 0.1) is 5.92 Å². The predicted molar refractivity (Wildman–Crippen MR) is 128 cm³/mol. The van der Waals surface area contributed by atoms with E-state index >= 15 is 0 Å². The van der Waals surface area contributed by atoms with Gasteiger partial charge in [-0.15, -0.1) is 0 Å². The number of ether oxygens (including phenoxy) is 1. The SMILES string of the molecule is COc1ccc(C(=O)NCCCc2nc3ccccc3n2CC(=O)N2CCC(C)CC2)cc1. The highest BCUT2D eigenvalue weighted by atomic mass is 16.5. The molecule has 1 aliphatic heterocycles. The Morgan fingerprint density at radius 2 is 1.82 bits per heavy atom. The van der Waals surface area contributed by atoms with Crippen LogP contribution >= 0.6 is 0 Å². The molecule has 4 rings (SSSR count). The number of hydrogen-bond acceptors (Lipinski definition) is 4. The molecule has 0 bridgehead atoms. The fourth-order valence-corrected chi connectivity index (χ4v) is 4.28. The van der Waals surface area contributed by atoms with Gasteiger partial charge in [0.25, 0.3) is 5.91 Å². The zero-order chi connectivity index (χ0) is 23.2. The Balaban J connectivity index is 1.38. The molecule has 2 amide bonds. The van der Waals surface area contributed by atoms with E-state index in [0.717, 1.165) is 55.0 Å². The van der Waals surface area contributed by atoms with Crippen LogP contribution in [0.3, 0.4) is 0 Å². The average molecular weight is 449 g/mol. The number of methoxy groups -OCH3 is 1. The van der Waals surface area contributed by atoms with Crippen LogP contribution in [0.5, 0.6) is 5.75 Å². The second-order valence-corrected chi connectivity index (χ2v) is 8.75. The molecule has 0 saturated carbocycles. The minimum absolute atomic E-state index is 0.110. The number of fused-ring (bicyclic) bond motifs is 1. The van der Waals surface area contributed by atoms with Gasteiger partial charge in [0.2, 0.25) is 5.91 Å². The monoisotopic (exact) mass is 448 g/mol. The number of amides is 2. The van der Waals surface area contributed by atoms with Crippen molar-refractivity contribution in [2.45, 2.75) is 39.2 Å². The zero-order valence-corrected chi connectivity index (χ0v) is 19.4. The van der Waals surface area contributed by atoms with E-state index in [-0.39, 0.29) is 11.8 Å². The number of nitrogens with zero attached hydrogens (tertiary/aromatic N) is 3. The Labute approximate surface area is 194 Å². The predicted octanol–water partition coefficient (Wildman–Crippen LogP) is 3.67. The summed E-state index contributed by atoms with van der Waals surface area (Å²) in [5.74, 6) is 2.33. The fourth-order valence-electron chi connectivity index (χ4n) is 4.28. The summed E-state index contributed by atoms with van der Waals surface area (Å²) in [7, 11) is 1.60. The first kappa shape index (κ1) is 22.8. The number of para-hydroxylation sites is 2. The fraction of sp³-hybridized carbons (Fsp3) is 0.423. The highest BCUT2D eigenvalue weighted by molar-refractivity contribution is 5.94. The van der Waals surface area contributed by atoms with Gasteiger partial charge in [0.1, 0.15) is 18.1 Å². The van der Waals surface area contributed by atoms with Crippen molar-refractivity contribution < 1.29 is 14.3 Å². The van der Waals surface area contributed by atoms with Crippen LogP contribution in [-0.2, 0) is 17.8 Å². The van der Waals surface area contributed by atoms with Crippen molar-refractivity contribution in [2.24, 2.45) is 5.92 Å². The Morgan fingerprint density at radius 3 is 2.55 bits per heavy atom. The molecule has 0 unspecified atom stereocenters. The van der Waals surface area contributed by atoms with Gasteiger partial charge in [-0.2, -0.15) is 0 Å². The molecule has 0 atom stereocenters. The Hall–Kier alpha value is -3.35. The van der Waals surface area contributed by atoms with Crippen LogP contribution in [0.25, 0.3) is 11.0 Å². The van der Waals surface area contributed by atoms with Crippen LogP contribution < -0.4 is 10.1 Å². The summed E-state index contributed by atoms with van der Waals surface area (Å²) in [5, 5.41) is 2.96. The summed E-state index contributed by atoms with van der Waals surface area (Å²) in [5.41, 5.74) is 2.48. The van der Waals surface area contributed by atoms with Crippen LogP contribution in [0.1, 0.15) is 42.4 Å². The molecule has 0 radical (unpaired) electrons. The largest absolute Gasteiger partial charge is 0.497 e. The number of nitrogens with one attached hydrogen (secondary N) is 1. The van der Waals surface area contributed by atoms with Crippen LogP contribution in [0.2, 0.25) is 0 Å². The van der Waals surface area contributed by atoms with Gasteiger partial charge in [0.05, 0.1) is 18.1 Å². The van der Waals surface area contributed by atoms with Crippen molar-refractivity contribution in [1.82, 2.24) is 19.8 Å². The lowest BCUT2D eigenvalue weighted by Crippen LogP contribution is -2.40. The first-order valence-corrected chi connectivity index (χ1v) is 11.7. The summed E-state index contributed by atoms with van der Waals surface area (Å²) in [6.45, 7) is 4.75. The molecular weight excluding hydrogens is 416 g/mol. The molecule has 0 spiro atoms. The molecule has 1 fully saturated rings. The molecule has 1 saturated heterocycles. The van der Waals surface area contributed by atoms with Crippen molar-refractivity contribution in [3.8, 4) is 5.75 Å². The summed E-state index contributed by atoms with van der Waals surface area (Å²) in [6, 6.07) is 15.0. The van der Waals surface area contributed by atoms with Gasteiger partial charge in [-0.05, 0) is 61.6 Å². The van der Waals surface area contributed by atoms with Gasteiger partial charge in [-0.3, -0.25) is 9.59 Å². The van der Waals surface area contributed by atoms with E-state index in [2.05, 4.69) is 12.2 Å². The Bertz CT molecular complexity index is 1100. The van der Waals surface area contributed by atoms with Gasteiger partial charge >= 0.3 is 0 Å². The van der Waals surface area contributed by atoms with Gasteiger partial charge in [-0.1, -0.05) is 19.1 Å². The van der Waals surface area contributed by atoms with Gasteiger partial charge in [0.15, 0.2) is 0 Å². The lowest BCUT2D eigenvalue weighted by atomic mass is 9.99. The third-order valence-corrected chi connectivity index (χ3v) is 6.38. The number of likely N-dealkylation sites (tertiary alicyclic amines) is 1. The van der Waals surface area contributed by atoms with Gasteiger partial charge in [-0.25, -0.2) is 4.98 Å². The number of benzene rings is 2. The quantitative estimate of drug-likeness (QED) is 0.534. The van der Waals surface area contributed by atoms with Crippen LogP contribution in [0.15, 0.2) is 48.5 Å². The Kier molecular flexibility index (Phi) is 7.27. The molecule has 1 aliphatic rings. The standard InChI is InChI=1S/C26H32N4O3/c1-19-13-16-29(17-14-19)25(31)18-30-23-7-4-3-6-22(23)28-24(30)8-5-15-27-26(32)20-9-11-21(33-2)12-10-20/h3-4,6-7,9-12,19H,5,8,13-18H2,1-2H3,(H,27,32). The molecule has 33 heavy (non-hydrogen) atoms. The molecule has 0 aliphatic carbocycles. The number of aryl methyl sites for hydroxylation is 1. The average Bonchev–Trinajstić information content (AvgIpc) is 3.19. The smallest absolute Gasteiger partial charge is 0.251 e. The molecule has 2 heterocycles. The van der Waals surface area contributed by atoms with E-state index in [1.807, 2.05) is 33.7 Å². The van der Waals surface area contributed by atoms with Gasteiger partial charge in [0, 0.05) is 31.6 Å². The topological polar surface area (TPSA) is 76.5 Å². The first-order valence-electron chi connectivity index (χ1n) is 11.7. The summed E-state index contributed by atoms with van der Waals surface area (Å²) in [6.07, 6.45) is 3.55. The number of carbonyl (C=O) groups is 2. The number of piperidine rings is 1. The number of imidazole rings is 1. The lowest BCUT2D eigenvalue weighted by molar-refractivity contribution is -0.133. The second-order valence-electron chi connectivity index (χ2n) is 8.75. The number of rotatable bonds is 8. The third kappa shape index (κ3) is 5.53. The lowest BCUT2D eigenvalue weighted by Gasteiger charge is -2.30. The molecular formula is C26H32N4O3. The molecule has 174 valence electrons. The minimum Gasteiger partial charge on any atom is -0.497 e. The molecule has 7 heteroatoms. The zero-order valence-electron chi connectivity index (χ0n) is 19.4. The minimum atomic E-state index is -0.110. The first-order chi connectivity index (χ1) is 16.0. The molecule has 1 N–H and O–H groups in total. The van der Waals surface area contributed by atoms with E-state index in [0.29, 0.717) is 31.0 Å². The molecule has 1 aromatic heterocycles. The highest BCUT2D eigenvalue weighted by Gasteiger charge is 2.22.